The zero-order valence-corrected chi connectivity index (χ0v) is 14.5. The summed E-state index contributed by atoms with van der Waals surface area (Å²) in [6.07, 6.45) is 2.42. The van der Waals surface area contributed by atoms with Gasteiger partial charge in [0.1, 0.15) is 0 Å². The summed E-state index contributed by atoms with van der Waals surface area (Å²) in [7, 11) is 0. The van der Waals surface area contributed by atoms with E-state index in [0.29, 0.717) is 12.0 Å². The molecule has 0 amide bonds. The molecule has 1 heterocycles. The van der Waals surface area contributed by atoms with Crippen LogP contribution in [0.4, 0.5) is 0 Å². The lowest BCUT2D eigenvalue weighted by molar-refractivity contribution is 0.210. The molecule has 3 heteroatoms. The van der Waals surface area contributed by atoms with E-state index in [2.05, 4.69) is 68.0 Å². The molecule has 1 N–H and O–H groups in total. The number of hydrogen-bond acceptors (Lipinski definition) is 3. The molecule has 1 aromatic heterocycles. The smallest absolute Gasteiger partial charge is 0.0547 e. The molecular formula is C18H33N3. The Hall–Kier alpha value is -0.930. The predicted molar refractivity (Wildman–Crippen MR) is 91.5 cm³/mol. The van der Waals surface area contributed by atoms with E-state index in [1.54, 1.807) is 0 Å². The van der Waals surface area contributed by atoms with Crippen LogP contribution < -0.4 is 5.32 Å². The highest BCUT2D eigenvalue weighted by Gasteiger charge is 2.18. The van der Waals surface area contributed by atoms with Crippen LogP contribution in [0.25, 0.3) is 0 Å². The average Bonchev–Trinajstić information content (AvgIpc) is 2.49. The van der Waals surface area contributed by atoms with Gasteiger partial charge in [0.25, 0.3) is 0 Å². The third-order valence-electron chi connectivity index (χ3n) is 4.22. The van der Waals surface area contributed by atoms with Crippen LogP contribution >= 0.6 is 0 Å². The average molecular weight is 291 g/mol. The van der Waals surface area contributed by atoms with Gasteiger partial charge in [0.15, 0.2) is 0 Å². The first-order valence-electron chi connectivity index (χ1n) is 8.48. The van der Waals surface area contributed by atoms with E-state index < -0.39 is 0 Å². The Labute approximate surface area is 131 Å². The molecule has 0 aromatic carbocycles. The standard InChI is InChI=1S/C18H33N3/c1-6-12-19-18(15(4)7-2)14-21(8-3)13-17-11-9-10-16(5)20-17/h9-11,15,18-19H,6-8,12-14H2,1-5H3. The summed E-state index contributed by atoms with van der Waals surface area (Å²) in [5.41, 5.74) is 2.28. The lowest BCUT2D eigenvalue weighted by Gasteiger charge is -2.30. The van der Waals surface area contributed by atoms with E-state index in [9.17, 15) is 0 Å². The topological polar surface area (TPSA) is 28.2 Å². The van der Waals surface area contributed by atoms with Crippen LogP contribution in [0.2, 0.25) is 0 Å². The van der Waals surface area contributed by atoms with E-state index in [0.717, 1.165) is 31.9 Å². The number of nitrogens with one attached hydrogen (secondary N) is 1. The molecule has 0 fully saturated rings. The van der Waals surface area contributed by atoms with Crippen LogP contribution in [-0.2, 0) is 6.54 Å². The Kier molecular flexibility index (Phi) is 8.55. The Morgan fingerprint density at radius 1 is 1.24 bits per heavy atom. The maximum Gasteiger partial charge on any atom is 0.0547 e. The van der Waals surface area contributed by atoms with Crippen molar-refractivity contribution >= 4 is 0 Å². The van der Waals surface area contributed by atoms with Crippen molar-refractivity contribution in [2.24, 2.45) is 5.92 Å². The first kappa shape index (κ1) is 18.1. The van der Waals surface area contributed by atoms with Crippen molar-refractivity contribution in [1.29, 1.82) is 0 Å². The summed E-state index contributed by atoms with van der Waals surface area (Å²) in [6.45, 7) is 15.4. The molecule has 3 nitrogen and oxygen atoms in total. The lowest BCUT2D eigenvalue weighted by Crippen LogP contribution is -2.45. The molecule has 2 atom stereocenters. The molecule has 21 heavy (non-hydrogen) atoms. The van der Waals surface area contributed by atoms with Crippen molar-refractivity contribution in [3.05, 3.63) is 29.6 Å². The first-order valence-corrected chi connectivity index (χ1v) is 8.48. The largest absolute Gasteiger partial charge is 0.312 e. The number of hydrogen-bond donors (Lipinski definition) is 1. The number of pyridine rings is 1. The van der Waals surface area contributed by atoms with Crippen LogP contribution in [-0.4, -0.2) is 35.6 Å². The number of likely N-dealkylation sites (N-methyl/N-ethyl adjacent to an activating group) is 1. The first-order chi connectivity index (χ1) is 10.1. The number of nitrogens with zero attached hydrogens (tertiary/aromatic N) is 2. The lowest BCUT2D eigenvalue weighted by atomic mass is 9.98. The molecular weight excluding hydrogens is 258 g/mol. The van der Waals surface area contributed by atoms with Crippen molar-refractivity contribution in [3.8, 4) is 0 Å². The molecule has 1 aromatic rings. The minimum Gasteiger partial charge on any atom is -0.312 e. The van der Waals surface area contributed by atoms with Gasteiger partial charge in [-0.1, -0.05) is 40.2 Å². The highest BCUT2D eigenvalue weighted by Crippen LogP contribution is 2.11. The number of aryl methyl sites for hydroxylation is 1. The number of aromatic nitrogens is 1. The van der Waals surface area contributed by atoms with Crippen LogP contribution in [0, 0.1) is 12.8 Å². The molecule has 0 radical (unpaired) electrons. The van der Waals surface area contributed by atoms with Gasteiger partial charge in [0, 0.05) is 24.8 Å². The molecule has 0 aliphatic rings. The normalized spacial score (nSPS) is 14.4. The predicted octanol–water partition coefficient (Wildman–Crippen LogP) is 3.63. The molecule has 0 aliphatic carbocycles. The fourth-order valence-corrected chi connectivity index (χ4v) is 2.56. The summed E-state index contributed by atoms with van der Waals surface area (Å²) in [5, 5.41) is 3.72. The Morgan fingerprint density at radius 3 is 2.57 bits per heavy atom. The molecule has 1 rings (SSSR count). The Morgan fingerprint density at radius 2 is 2.00 bits per heavy atom. The van der Waals surface area contributed by atoms with Crippen molar-refractivity contribution < 1.29 is 0 Å². The van der Waals surface area contributed by atoms with E-state index in [1.165, 1.54) is 18.5 Å². The molecule has 0 saturated heterocycles. The maximum absolute atomic E-state index is 4.63. The molecule has 2 unspecified atom stereocenters. The van der Waals surface area contributed by atoms with Gasteiger partial charge >= 0.3 is 0 Å². The molecule has 0 saturated carbocycles. The second kappa shape index (κ2) is 9.91. The summed E-state index contributed by atoms with van der Waals surface area (Å²) in [4.78, 5) is 7.13. The zero-order valence-electron chi connectivity index (χ0n) is 14.5. The van der Waals surface area contributed by atoms with E-state index in [1.807, 2.05) is 0 Å². The summed E-state index contributed by atoms with van der Waals surface area (Å²) < 4.78 is 0. The molecule has 0 bridgehead atoms. The monoisotopic (exact) mass is 291 g/mol. The van der Waals surface area contributed by atoms with Crippen LogP contribution in [0.1, 0.15) is 51.9 Å². The van der Waals surface area contributed by atoms with E-state index >= 15 is 0 Å². The van der Waals surface area contributed by atoms with Crippen molar-refractivity contribution in [1.82, 2.24) is 15.2 Å². The third kappa shape index (κ3) is 6.58. The van der Waals surface area contributed by atoms with Gasteiger partial charge in [-0.05, 0) is 44.5 Å². The van der Waals surface area contributed by atoms with Crippen molar-refractivity contribution in [2.45, 2.75) is 60.0 Å². The van der Waals surface area contributed by atoms with Gasteiger partial charge in [0.2, 0.25) is 0 Å². The third-order valence-corrected chi connectivity index (χ3v) is 4.22. The summed E-state index contributed by atoms with van der Waals surface area (Å²) in [5.74, 6) is 0.705. The second-order valence-electron chi connectivity index (χ2n) is 6.04. The quantitative estimate of drug-likeness (QED) is 0.713. The van der Waals surface area contributed by atoms with Gasteiger partial charge < -0.3 is 5.32 Å². The summed E-state index contributed by atoms with van der Waals surface area (Å²) in [6, 6.07) is 6.87. The van der Waals surface area contributed by atoms with Crippen molar-refractivity contribution in [2.75, 3.05) is 19.6 Å². The maximum atomic E-state index is 4.63. The molecule has 0 spiro atoms. The Balaban J connectivity index is 2.64. The van der Waals surface area contributed by atoms with Gasteiger partial charge in [-0.3, -0.25) is 9.88 Å². The fraction of sp³-hybridized carbons (Fsp3) is 0.722. The van der Waals surface area contributed by atoms with Crippen molar-refractivity contribution in [3.63, 3.8) is 0 Å². The van der Waals surface area contributed by atoms with Gasteiger partial charge in [-0.15, -0.1) is 0 Å². The minimum atomic E-state index is 0.569. The summed E-state index contributed by atoms with van der Waals surface area (Å²) >= 11 is 0. The zero-order chi connectivity index (χ0) is 15.7. The fourth-order valence-electron chi connectivity index (χ4n) is 2.56. The van der Waals surface area contributed by atoms with Crippen LogP contribution in [0.5, 0.6) is 0 Å². The van der Waals surface area contributed by atoms with Gasteiger partial charge in [0.05, 0.1) is 5.69 Å². The van der Waals surface area contributed by atoms with Crippen LogP contribution in [0.15, 0.2) is 18.2 Å². The van der Waals surface area contributed by atoms with Gasteiger partial charge in [-0.25, -0.2) is 0 Å². The molecule has 120 valence electrons. The Bertz CT molecular complexity index is 392. The second-order valence-corrected chi connectivity index (χ2v) is 6.04. The van der Waals surface area contributed by atoms with Crippen LogP contribution in [0.3, 0.4) is 0 Å². The van der Waals surface area contributed by atoms with E-state index in [-0.39, 0.29) is 0 Å². The van der Waals surface area contributed by atoms with Gasteiger partial charge in [-0.2, -0.15) is 0 Å². The SMILES string of the molecule is CCCNC(CN(CC)Cc1cccc(C)n1)C(C)CC. The van der Waals surface area contributed by atoms with E-state index in [4.69, 9.17) is 0 Å². The molecule has 0 aliphatic heterocycles. The highest BCUT2D eigenvalue weighted by molar-refractivity contribution is 5.09. The number of rotatable bonds is 10. The highest BCUT2D eigenvalue weighted by atomic mass is 15.2. The minimum absolute atomic E-state index is 0.569.